The Labute approximate surface area is 110 Å². The average Bonchev–Trinajstić information content (AvgIpc) is 2.22. The SMILES string of the molecule is O=C(NCC(O)C(F)(F)F)c1cc(Cl)nc(Cl)c1. The zero-order valence-electron chi connectivity index (χ0n) is 8.63. The number of aliphatic hydroxyl groups is 1. The molecule has 1 rings (SSSR count). The summed E-state index contributed by atoms with van der Waals surface area (Å²) < 4.78 is 35.9. The summed E-state index contributed by atoms with van der Waals surface area (Å²) in [5.74, 6) is -0.843. The Morgan fingerprint density at radius 3 is 2.33 bits per heavy atom. The number of hydrogen-bond donors (Lipinski definition) is 2. The van der Waals surface area contributed by atoms with Crippen molar-refractivity contribution in [1.29, 1.82) is 0 Å². The number of pyridine rings is 1. The highest BCUT2D eigenvalue weighted by Gasteiger charge is 2.38. The van der Waals surface area contributed by atoms with Gasteiger partial charge in [-0.3, -0.25) is 4.79 Å². The van der Waals surface area contributed by atoms with Crippen LogP contribution in [0.1, 0.15) is 10.4 Å². The Bertz CT molecular complexity index is 434. The average molecular weight is 303 g/mol. The summed E-state index contributed by atoms with van der Waals surface area (Å²) in [5, 5.41) is 10.5. The molecular formula is C9H7Cl2F3N2O2. The zero-order valence-corrected chi connectivity index (χ0v) is 10.1. The monoisotopic (exact) mass is 302 g/mol. The molecule has 2 N–H and O–H groups in total. The predicted octanol–water partition coefficient (Wildman–Crippen LogP) is 2.04. The lowest BCUT2D eigenvalue weighted by Gasteiger charge is -2.15. The Morgan fingerprint density at radius 1 is 1.39 bits per heavy atom. The number of rotatable bonds is 3. The van der Waals surface area contributed by atoms with Crippen LogP contribution in [0.25, 0.3) is 0 Å². The van der Waals surface area contributed by atoms with E-state index >= 15 is 0 Å². The van der Waals surface area contributed by atoms with Crippen LogP contribution in [0, 0.1) is 0 Å². The van der Waals surface area contributed by atoms with E-state index in [0.29, 0.717) is 0 Å². The summed E-state index contributed by atoms with van der Waals surface area (Å²) in [4.78, 5) is 15.0. The van der Waals surface area contributed by atoms with E-state index in [-0.39, 0.29) is 15.9 Å². The van der Waals surface area contributed by atoms with Crippen LogP contribution in [-0.2, 0) is 0 Å². The molecule has 0 aliphatic heterocycles. The first-order valence-electron chi connectivity index (χ1n) is 4.56. The van der Waals surface area contributed by atoms with Crippen LogP contribution in [0.4, 0.5) is 13.2 Å². The first-order chi connectivity index (χ1) is 8.20. The van der Waals surface area contributed by atoms with Crippen LogP contribution in [0.3, 0.4) is 0 Å². The van der Waals surface area contributed by atoms with Gasteiger partial charge < -0.3 is 10.4 Å². The molecule has 0 bridgehead atoms. The van der Waals surface area contributed by atoms with E-state index in [1.165, 1.54) is 0 Å². The highest BCUT2D eigenvalue weighted by atomic mass is 35.5. The highest BCUT2D eigenvalue weighted by Crippen LogP contribution is 2.19. The van der Waals surface area contributed by atoms with E-state index in [2.05, 4.69) is 4.98 Å². The smallest absolute Gasteiger partial charge is 0.382 e. The lowest BCUT2D eigenvalue weighted by atomic mass is 10.2. The molecule has 1 heterocycles. The number of hydrogen-bond acceptors (Lipinski definition) is 3. The van der Waals surface area contributed by atoms with Gasteiger partial charge in [-0.05, 0) is 12.1 Å². The quantitative estimate of drug-likeness (QED) is 0.840. The largest absolute Gasteiger partial charge is 0.416 e. The van der Waals surface area contributed by atoms with Gasteiger partial charge in [0, 0.05) is 5.56 Å². The van der Waals surface area contributed by atoms with Crippen molar-refractivity contribution in [2.45, 2.75) is 12.3 Å². The molecule has 18 heavy (non-hydrogen) atoms. The van der Waals surface area contributed by atoms with Crippen molar-refractivity contribution in [2.24, 2.45) is 0 Å². The molecule has 100 valence electrons. The van der Waals surface area contributed by atoms with Crippen molar-refractivity contribution >= 4 is 29.1 Å². The van der Waals surface area contributed by atoms with Crippen molar-refractivity contribution in [2.75, 3.05) is 6.54 Å². The van der Waals surface area contributed by atoms with Gasteiger partial charge >= 0.3 is 6.18 Å². The Balaban J connectivity index is 2.66. The van der Waals surface area contributed by atoms with Gasteiger partial charge in [0.15, 0.2) is 6.10 Å². The standard InChI is InChI=1S/C9H7Cl2F3N2O2/c10-6-1-4(2-7(11)16-6)8(18)15-3-5(17)9(12,13)14/h1-2,5,17H,3H2,(H,15,18). The number of aromatic nitrogens is 1. The third-order valence-corrected chi connectivity index (χ3v) is 2.25. The lowest BCUT2D eigenvalue weighted by molar-refractivity contribution is -0.201. The second kappa shape index (κ2) is 5.73. The Hall–Kier alpha value is -1.05. The summed E-state index contributed by atoms with van der Waals surface area (Å²) in [6.07, 6.45) is -7.42. The van der Waals surface area contributed by atoms with E-state index in [0.717, 1.165) is 12.1 Å². The molecule has 0 aromatic carbocycles. The van der Waals surface area contributed by atoms with Crippen LogP contribution in [0.5, 0.6) is 0 Å². The summed E-state index contributed by atoms with van der Waals surface area (Å²) in [5.41, 5.74) is -0.0469. The topological polar surface area (TPSA) is 62.2 Å². The van der Waals surface area contributed by atoms with E-state index in [1.807, 2.05) is 5.32 Å². The number of carbonyl (C=O) groups excluding carboxylic acids is 1. The molecule has 0 spiro atoms. The minimum atomic E-state index is -4.79. The molecular weight excluding hydrogens is 296 g/mol. The molecule has 0 aliphatic carbocycles. The van der Waals surface area contributed by atoms with Gasteiger partial charge in [-0.2, -0.15) is 13.2 Å². The number of nitrogens with zero attached hydrogens (tertiary/aromatic N) is 1. The van der Waals surface area contributed by atoms with Crippen molar-refractivity contribution < 1.29 is 23.1 Å². The summed E-state index contributed by atoms with van der Waals surface area (Å²) >= 11 is 11.0. The molecule has 9 heteroatoms. The van der Waals surface area contributed by atoms with Crippen molar-refractivity contribution in [3.63, 3.8) is 0 Å². The minimum absolute atomic E-state index is 0.0469. The maximum Gasteiger partial charge on any atom is 0.416 e. The van der Waals surface area contributed by atoms with Gasteiger partial charge in [0.25, 0.3) is 5.91 Å². The summed E-state index contributed by atoms with van der Waals surface area (Å²) in [7, 11) is 0. The van der Waals surface area contributed by atoms with E-state index in [1.54, 1.807) is 0 Å². The fraction of sp³-hybridized carbons (Fsp3) is 0.333. The van der Waals surface area contributed by atoms with Crippen molar-refractivity contribution in [3.8, 4) is 0 Å². The van der Waals surface area contributed by atoms with Crippen molar-refractivity contribution in [1.82, 2.24) is 10.3 Å². The summed E-state index contributed by atoms with van der Waals surface area (Å²) in [6, 6.07) is 2.28. The molecule has 0 radical (unpaired) electrons. The number of alkyl halides is 3. The van der Waals surface area contributed by atoms with Gasteiger partial charge in [-0.1, -0.05) is 23.2 Å². The molecule has 4 nitrogen and oxygen atoms in total. The van der Waals surface area contributed by atoms with Crippen LogP contribution in [-0.4, -0.2) is 34.8 Å². The fourth-order valence-electron chi connectivity index (χ4n) is 1.00. The van der Waals surface area contributed by atoms with Crippen LogP contribution in [0.2, 0.25) is 10.3 Å². The van der Waals surface area contributed by atoms with Crippen LogP contribution < -0.4 is 5.32 Å². The van der Waals surface area contributed by atoms with Crippen LogP contribution in [0.15, 0.2) is 12.1 Å². The molecule has 0 fully saturated rings. The normalized spacial score (nSPS) is 13.2. The first kappa shape index (κ1) is 15.0. The molecule has 0 saturated carbocycles. The maximum atomic E-state index is 12.0. The third kappa shape index (κ3) is 4.32. The molecule has 1 aromatic heterocycles. The molecule has 1 aromatic rings. The Kier molecular flexibility index (Phi) is 4.78. The predicted molar refractivity (Wildman–Crippen MR) is 58.7 cm³/mol. The van der Waals surface area contributed by atoms with Crippen LogP contribution >= 0.6 is 23.2 Å². The summed E-state index contributed by atoms with van der Waals surface area (Å²) in [6.45, 7) is -0.958. The number of amides is 1. The van der Waals surface area contributed by atoms with Gasteiger partial charge in [0.2, 0.25) is 0 Å². The van der Waals surface area contributed by atoms with E-state index in [4.69, 9.17) is 28.3 Å². The number of carbonyl (C=O) groups is 1. The molecule has 0 saturated heterocycles. The second-order valence-corrected chi connectivity index (χ2v) is 4.04. The van der Waals surface area contributed by atoms with Gasteiger partial charge in [-0.25, -0.2) is 4.98 Å². The van der Waals surface area contributed by atoms with Gasteiger partial charge in [0.05, 0.1) is 6.54 Å². The second-order valence-electron chi connectivity index (χ2n) is 3.27. The molecule has 1 amide bonds. The first-order valence-corrected chi connectivity index (χ1v) is 5.32. The molecule has 1 unspecified atom stereocenters. The molecule has 1 atom stereocenters. The Morgan fingerprint density at radius 2 is 1.89 bits per heavy atom. The van der Waals surface area contributed by atoms with Gasteiger partial charge in [0.1, 0.15) is 10.3 Å². The third-order valence-electron chi connectivity index (χ3n) is 1.86. The van der Waals surface area contributed by atoms with E-state index in [9.17, 15) is 18.0 Å². The number of aliphatic hydroxyl groups excluding tert-OH is 1. The van der Waals surface area contributed by atoms with Gasteiger partial charge in [-0.15, -0.1) is 0 Å². The number of nitrogens with one attached hydrogen (secondary N) is 1. The lowest BCUT2D eigenvalue weighted by Crippen LogP contribution is -2.40. The fourth-order valence-corrected chi connectivity index (χ4v) is 1.46. The van der Waals surface area contributed by atoms with E-state index < -0.39 is 24.7 Å². The van der Waals surface area contributed by atoms with Crippen molar-refractivity contribution in [3.05, 3.63) is 28.0 Å². The maximum absolute atomic E-state index is 12.0. The molecule has 0 aliphatic rings. The number of halogens is 5. The zero-order chi connectivity index (χ0) is 13.9. The highest BCUT2D eigenvalue weighted by molar-refractivity contribution is 6.33. The minimum Gasteiger partial charge on any atom is -0.382 e.